The first-order valence-corrected chi connectivity index (χ1v) is 14.2. The van der Waals surface area contributed by atoms with Gasteiger partial charge in [-0.25, -0.2) is 4.98 Å². The van der Waals surface area contributed by atoms with Gasteiger partial charge in [0.2, 0.25) is 11.8 Å². The minimum atomic E-state index is -4.42. The van der Waals surface area contributed by atoms with Crippen LogP contribution in [0.5, 0.6) is 0 Å². The number of likely N-dealkylation sites (tertiary alicyclic amines) is 1. The highest BCUT2D eigenvalue weighted by Gasteiger charge is 2.45. The Balaban J connectivity index is 1.21. The normalized spacial score (nSPS) is 18.5. The number of hydrogen-bond donors (Lipinski definition) is 1. The number of carbonyl (C=O) groups excluding carboxylic acids is 2. The molecule has 5 rings (SSSR count). The maximum Gasteiger partial charge on any atom is 0.417 e. The molecule has 41 heavy (non-hydrogen) atoms. The molecule has 0 saturated carbocycles. The Morgan fingerprint density at radius 2 is 1.51 bits per heavy atom. The largest absolute Gasteiger partial charge is 0.417 e. The second-order valence-corrected chi connectivity index (χ2v) is 11.0. The van der Waals surface area contributed by atoms with E-state index < -0.39 is 17.2 Å². The van der Waals surface area contributed by atoms with Crippen LogP contribution >= 0.6 is 0 Å². The molecule has 6 nitrogen and oxygen atoms in total. The highest BCUT2D eigenvalue weighted by atomic mass is 19.4. The van der Waals surface area contributed by atoms with E-state index in [9.17, 15) is 22.8 Å². The third-order valence-corrected chi connectivity index (χ3v) is 8.58. The van der Waals surface area contributed by atoms with E-state index in [2.05, 4.69) is 10.3 Å². The zero-order valence-electron chi connectivity index (χ0n) is 23.1. The first-order valence-electron chi connectivity index (χ1n) is 14.2. The molecule has 1 aromatic heterocycles. The van der Waals surface area contributed by atoms with Crippen molar-refractivity contribution < 1.29 is 22.8 Å². The second-order valence-electron chi connectivity index (χ2n) is 11.0. The van der Waals surface area contributed by atoms with Gasteiger partial charge in [0, 0.05) is 38.3 Å². The Morgan fingerprint density at radius 1 is 0.902 bits per heavy atom. The van der Waals surface area contributed by atoms with Gasteiger partial charge in [0.1, 0.15) is 5.82 Å². The van der Waals surface area contributed by atoms with E-state index in [0.29, 0.717) is 57.7 Å². The van der Waals surface area contributed by atoms with Crippen LogP contribution in [-0.2, 0) is 21.2 Å². The molecule has 1 N–H and O–H groups in total. The average molecular weight is 565 g/mol. The van der Waals surface area contributed by atoms with Gasteiger partial charge in [0.15, 0.2) is 0 Å². The number of aromatic nitrogens is 1. The summed E-state index contributed by atoms with van der Waals surface area (Å²) in [6, 6.07) is 22.0. The van der Waals surface area contributed by atoms with Crippen LogP contribution in [0.1, 0.15) is 55.3 Å². The monoisotopic (exact) mass is 564 g/mol. The van der Waals surface area contributed by atoms with E-state index in [1.54, 1.807) is 0 Å². The number of rotatable bonds is 6. The van der Waals surface area contributed by atoms with Crippen LogP contribution in [0.4, 0.5) is 19.0 Å². The molecular weight excluding hydrogens is 529 g/mol. The molecule has 0 bridgehead atoms. The van der Waals surface area contributed by atoms with Gasteiger partial charge in [0.25, 0.3) is 0 Å². The lowest BCUT2D eigenvalue weighted by Crippen LogP contribution is -2.54. The Labute approximate surface area is 238 Å². The molecule has 2 fully saturated rings. The average Bonchev–Trinajstić information content (AvgIpc) is 3.01. The van der Waals surface area contributed by atoms with E-state index in [1.807, 2.05) is 77.4 Å². The van der Waals surface area contributed by atoms with Crippen molar-refractivity contribution in [1.82, 2.24) is 15.2 Å². The first-order chi connectivity index (χ1) is 19.7. The molecule has 2 saturated heterocycles. The number of anilines is 1. The number of carbonyl (C=O) groups is 2. The number of halogens is 3. The first kappa shape index (κ1) is 28.6. The Morgan fingerprint density at radius 3 is 2.07 bits per heavy atom. The number of alkyl halides is 3. The summed E-state index contributed by atoms with van der Waals surface area (Å²) in [7, 11) is 0. The van der Waals surface area contributed by atoms with E-state index in [1.165, 1.54) is 6.07 Å². The zero-order chi connectivity index (χ0) is 29.0. The molecule has 0 spiro atoms. The van der Waals surface area contributed by atoms with Crippen LogP contribution in [-0.4, -0.2) is 47.9 Å². The molecule has 3 heterocycles. The lowest BCUT2D eigenvalue weighted by atomic mass is 9.71. The van der Waals surface area contributed by atoms with Gasteiger partial charge < -0.3 is 15.1 Å². The summed E-state index contributed by atoms with van der Waals surface area (Å²) < 4.78 is 38.6. The van der Waals surface area contributed by atoms with E-state index >= 15 is 0 Å². The SMILES string of the molecule is C[C@H](NC(=O)C1(c2ccccc2)CCN(C(=O)C2CCN(c3ccc(C(F)(F)F)cn3)CC2)CC1)c1ccccc1. The van der Waals surface area contributed by atoms with Gasteiger partial charge in [-0.1, -0.05) is 60.7 Å². The summed E-state index contributed by atoms with van der Waals surface area (Å²) in [5.74, 6) is 0.399. The van der Waals surface area contributed by atoms with Crippen molar-refractivity contribution in [3.8, 4) is 0 Å². The minimum Gasteiger partial charge on any atom is -0.357 e. The van der Waals surface area contributed by atoms with E-state index in [0.717, 1.165) is 23.4 Å². The molecule has 2 aliphatic rings. The van der Waals surface area contributed by atoms with Gasteiger partial charge in [-0.15, -0.1) is 0 Å². The molecule has 0 aliphatic carbocycles. The molecular formula is C32H35F3N4O2. The van der Waals surface area contributed by atoms with Crippen LogP contribution in [0.3, 0.4) is 0 Å². The number of pyridine rings is 1. The van der Waals surface area contributed by atoms with Crippen molar-refractivity contribution in [2.45, 2.75) is 50.2 Å². The minimum absolute atomic E-state index is 0.0236. The standard InChI is InChI=1S/C32H35F3N4O2/c1-23(24-8-4-2-5-9-24)37-30(41)31(26-10-6-3-7-11-26)16-20-39(21-17-31)29(40)25-14-18-38(19-15-25)28-13-12-27(22-36-28)32(33,34)35/h2-13,22-23,25H,14-21H2,1H3,(H,37,41)/t23-/m0/s1. The maximum absolute atomic E-state index is 13.8. The summed E-state index contributed by atoms with van der Waals surface area (Å²) in [5, 5.41) is 3.23. The van der Waals surface area contributed by atoms with Gasteiger partial charge in [-0.3, -0.25) is 9.59 Å². The Hall–Kier alpha value is -3.88. The van der Waals surface area contributed by atoms with Crippen molar-refractivity contribution in [1.29, 1.82) is 0 Å². The second kappa shape index (κ2) is 11.9. The zero-order valence-corrected chi connectivity index (χ0v) is 23.1. The quantitative estimate of drug-likeness (QED) is 0.414. The van der Waals surface area contributed by atoms with Crippen LogP contribution < -0.4 is 10.2 Å². The van der Waals surface area contributed by atoms with Crippen LogP contribution in [0, 0.1) is 5.92 Å². The van der Waals surface area contributed by atoms with E-state index in [-0.39, 0.29) is 23.8 Å². The van der Waals surface area contributed by atoms with Gasteiger partial charge >= 0.3 is 6.18 Å². The summed E-state index contributed by atoms with van der Waals surface area (Å²) in [6.07, 6.45) is -1.28. The Bertz CT molecular complexity index is 1320. The highest BCUT2D eigenvalue weighted by molar-refractivity contribution is 5.89. The third kappa shape index (κ3) is 6.24. The van der Waals surface area contributed by atoms with Crippen molar-refractivity contribution in [2.24, 2.45) is 5.92 Å². The summed E-state index contributed by atoms with van der Waals surface area (Å²) in [6.45, 7) is 4.06. The lowest BCUT2D eigenvalue weighted by molar-refractivity contribution is -0.141. The van der Waals surface area contributed by atoms with Gasteiger partial charge in [0.05, 0.1) is 17.0 Å². The molecule has 0 radical (unpaired) electrons. The summed E-state index contributed by atoms with van der Waals surface area (Å²) in [5.41, 5.74) is 0.501. The lowest BCUT2D eigenvalue weighted by Gasteiger charge is -2.43. The predicted molar refractivity (Wildman–Crippen MR) is 151 cm³/mol. The Kier molecular flexibility index (Phi) is 8.33. The third-order valence-electron chi connectivity index (χ3n) is 8.58. The molecule has 1 atom stereocenters. The number of amides is 2. The topological polar surface area (TPSA) is 65.5 Å². The van der Waals surface area contributed by atoms with Gasteiger partial charge in [-0.05, 0) is 55.9 Å². The van der Waals surface area contributed by atoms with Crippen LogP contribution in [0.2, 0.25) is 0 Å². The molecule has 0 unspecified atom stereocenters. The van der Waals surface area contributed by atoms with Crippen LogP contribution in [0.25, 0.3) is 0 Å². The summed E-state index contributed by atoms with van der Waals surface area (Å²) >= 11 is 0. The fourth-order valence-electron chi connectivity index (χ4n) is 6.03. The molecule has 216 valence electrons. The predicted octanol–water partition coefficient (Wildman–Crippen LogP) is 5.75. The number of benzene rings is 2. The fraction of sp³-hybridized carbons (Fsp3) is 0.406. The number of piperidine rings is 2. The van der Waals surface area contributed by atoms with Crippen molar-refractivity contribution in [2.75, 3.05) is 31.1 Å². The van der Waals surface area contributed by atoms with E-state index in [4.69, 9.17) is 0 Å². The number of hydrogen-bond acceptors (Lipinski definition) is 4. The smallest absolute Gasteiger partial charge is 0.357 e. The van der Waals surface area contributed by atoms with Crippen molar-refractivity contribution >= 4 is 17.6 Å². The van der Waals surface area contributed by atoms with Crippen LogP contribution in [0.15, 0.2) is 79.0 Å². The molecule has 9 heteroatoms. The molecule has 3 aromatic rings. The number of nitrogens with one attached hydrogen (secondary N) is 1. The molecule has 2 aromatic carbocycles. The number of nitrogens with zero attached hydrogens (tertiary/aromatic N) is 3. The summed E-state index contributed by atoms with van der Waals surface area (Å²) in [4.78, 5) is 35.2. The maximum atomic E-state index is 13.8. The van der Waals surface area contributed by atoms with Crippen molar-refractivity contribution in [3.63, 3.8) is 0 Å². The van der Waals surface area contributed by atoms with Crippen molar-refractivity contribution in [3.05, 3.63) is 95.7 Å². The van der Waals surface area contributed by atoms with Gasteiger partial charge in [-0.2, -0.15) is 13.2 Å². The fourth-order valence-corrected chi connectivity index (χ4v) is 6.03. The molecule has 2 amide bonds. The highest BCUT2D eigenvalue weighted by Crippen LogP contribution is 2.38. The molecule has 2 aliphatic heterocycles.